The Morgan fingerprint density at radius 3 is 2.62 bits per heavy atom. The summed E-state index contributed by atoms with van der Waals surface area (Å²) < 4.78 is 1.41. The maximum atomic E-state index is 3.45. The Hall–Kier alpha value is -0.0900. The van der Waals surface area contributed by atoms with E-state index >= 15 is 0 Å². The first-order chi connectivity index (χ1) is 7.60. The van der Waals surface area contributed by atoms with Crippen molar-refractivity contribution in [2.75, 3.05) is 7.05 Å². The van der Waals surface area contributed by atoms with E-state index < -0.39 is 0 Å². The number of hydrogen-bond acceptors (Lipinski definition) is 1. The summed E-state index contributed by atoms with van der Waals surface area (Å²) in [5.41, 5.74) is 2.82. The van der Waals surface area contributed by atoms with Gasteiger partial charge < -0.3 is 5.32 Å². The van der Waals surface area contributed by atoms with Gasteiger partial charge >= 0.3 is 0 Å². The van der Waals surface area contributed by atoms with Gasteiger partial charge in [0.15, 0.2) is 0 Å². The molecule has 0 aliphatic carbocycles. The summed E-state index contributed by atoms with van der Waals surface area (Å²) in [6.45, 7) is 6.77. The van der Waals surface area contributed by atoms with E-state index in [2.05, 4.69) is 73.9 Å². The Morgan fingerprint density at radius 1 is 1.38 bits per heavy atom. The molecule has 1 rings (SSSR count). The van der Waals surface area contributed by atoms with Gasteiger partial charge in [0.2, 0.25) is 0 Å². The standard InChI is InChI=1S/C14H22IN/c1-5-10(2)9-13(16-4)12-8-6-7-11(3)14(12)15/h6-8,10,13,16H,5,9H2,1-4H3. The molecule has 0 saturated heterocycles. The second-order valence-electron chi connectivity index (χ2n) is 4.57. The molecule has 1 aromatic carbocycles. The van der Waals surface area contributed by atoms with Crippen molar-refractivity contribution in [3.8, 4) is 0 Å². The zero-order chi connectivity index (χ0) is 12.1. The van der Waals surface area contributed by atoms with Crippen LogP contribution in [0, 0.1) is 16.4 Å². The van der Waals surface area contributed by atoms with E-state index in [1.807, 2.05) is 0 Å². The molecular weight excluding hydrogens is 309 g/mol. The van der Waals surface area contributed by atoms with Crippen molar-refractivity contribution < 1.29 is 0 Å². The van der Waals surface area contributed by atoms with Crippen molar-refractivity contribution in [2.45, 2.75) is 39.7 Å². The van der Waals surface area contributed by atoms with Crippen molar-refractivity contribution >= 4 is 22.6 Å². The molecule has 1 nitrogen and oxygen atoms in total. The largest absolute Gasteiger partial charge is 0.313 e. The van der Waals surface area contributed by atoms with Gasteiger partial charge in [-0.2, -0.15) is 0 Å². The summed E-state index contributed by atoms with van der Waals surface area (Å²) in [6, 6.07) is 7.08. The second-order valence-corrected chi connectivity index (χ2v) is 5.65. The fourth-order valence-electron chi connectivity index (χ4n) is 1.91. The van der Waals surface area contributed by atoms with E-state index in [0.29, 0.717) is 6.04 Å². The number of nitrogens with one attached hydrogen (secondary N) is 1. The van der Waals surface area contributed by atoms with Crippen LogP contribution in [0.1, 0.15) is 43.9 Å². The van der Waals surface area contributed by atoms with Crippen LogP contribution in [0.25, 0.3) is 0 Å². The van der Waals surface area contributed by atoms with Crippen molar-refractivity contribution in [1.82, 2.24) is 5.32 Å². The Bertz CT molecular complexity index is 336. The molecule has 1 N–H and O–H groups in total. The summed E-state index contributed by atoms with van der Waals surface area (Å²) in [4.78, 5) is 0. The molecule has 0 bridgehead atoms. The van der Waals surface area contributed by atoms with Gasteiger partial charge in [-0.3, -0.25) is 0 Å². The number of aryl methyl sites for hydroxylation is 1. The van der Waals surface area contributed by atoms with Gasteiger partial charge in [-0.25, -0.2) is 0 Å². The molecular formula is C14H22IN. The minimum absolute atomic E-state index is 0.488. The topological polar surface area (TPSA) is 12.0 Å². The van der Waals surface area contributed by atoms with Crippen molar-refractivity contribution in [3.63, 3.8) is 0 Å². The normalized spacial score (nSPS) is 14.8. The molecule has 90 valence electrons. The van der Waals surface area contributed by atoms with E-state index in [0.717, 1.165) is 5.92 Å². The lowest BCUT2D eigenvalue weighted by Crippen LogP contribution is -2.20. The lowest BCUT2D eigenvalue weighted by molar-refractivity contribution is 0.421. The van der Waals surface area contributed by atoms with Gasteiger partial charge in [0.05, 0.1) is 0 Å². The molecule has 0 saturated carbocycles. The van der Waals surface area contributed by atoms with Gasteiger partial charge in [-0.1, -0.05) is 38.5 Å². The third-order valence-corrected chi connectivity index (χ3v) is 4.75. The van der Waals surface area contributed by atoms with Crippen LogP contribution < -0.4 is 5.32 Å². The lowest BCUT2D eigenvalue weighted by Gasteiger charge is -2.22. The quantitative estimate of drug-likeness (QED) is 0.794. The van der Waals surface area contributed by atoms with Crippen LogP contribution in [-0.2, 0) is 0 Å². The summed E-state index contributed by atoms with van der Waals surface area (Å²) in [5, 5.41) is 3.45. The first-order valence-electron chi connectivity index (χ1n) is 6.02. The van der Waals surface area contributed by atoms with E-state index in [1.54, 1.807) is 0 Å². The fraction of sp³-hybridized carbons (Fsp3) is 0.571. The Morgan fingerprint density at radius 2 is 2.06 bits per heavy atom. The predicted octanol–water partition coefficient (Wildman–Crippen LogP) is 4.30. The maximum absolute atomic E-state index is 3.45. The zero-order valence-electron chi connectivity index (χ0n) is 10.7. The Labute approximate surface area is 113 Å². The second kappa shape index (κ2) is 6.60. The molecule has 0 spiro atoms. The summed E-state index contributed by atoms with van der Waals surface area (Å²) in [7, 11) is 2.06. The summed E-state index contributed by atoms with van der Waals surface area (Å²) >= 11 is 2.46. The SMILES string of the molecule is CCC(C)CC(NC)c1cccc(C)c1I. The van der Waals surface area contributed by atoms with Crippen LogP contribution in [0.5, 0.6) is 0 Å². The highest BCUT2D eigenvalue weighted by Gasteiger charge is 2.15. The van der Waals surface area contributed by atoms with E-state index in [-0.39, 0.29) is 0 Å². The van der Waals surface area contributed by atoms with Gasteiger partial charge in [0, 0.05) is 9.61 Å². The molecule has 0 aliphatic rings. The van der Waals surface area contributed by atoms with Gasteiger partial charge in [0.25, 0.3) is 0 Å². The fourth-order valence-corrected chi connectivity index (χ4v) is 2.64. The van der Waals surface area contributed by atoms with Gasteiger partial charge in [-0.05, 0) is 60.0 Å². The Balaban J connectivity index is 2.90. The molecule has 1 aromatic rings. The van der Waals surface area contributed by atoms with Gasteiger partial charge in [-0.15, -0.1) is 0 Å². The van der Waals surface area contributed by atoms with Gasteiger partial charge in [0.1, 0.15) is 0 Å². The highest BCUT2D eigenvalue weighted by Crippen LogP contribution is 2.28. The first kappa shape index (κ1) is 14.0. The van der Waals surface area contributed by atoms with Crippen LogP contribution in [0.4, 0.5) is 0 Å². The predicted molar refractivity (Wildman–Crippen MR) is 79.8 cm³/mol. The minimum Gasteiger partial charge on any atom is -0.313 e. The van der Waals surface area contributed by atoms with Crippen LogP contribution in [0.3, 0.4) is 0 Å². The third kappa shape index (κ3) is 3.45. The highest BCUT2D eigenvalue weighted by molar-refractivity contribution is 14.1. The van der Waals surface area contributed by atoms with Crippen LogP contribution >= 0.6 is 22.6 Å². The van der Waals surface area contributed by atoms with E-state index in [9.17, 15) is 0 Å². The first-order valence-corrected chi connectivity index (χ1v) is 7.10. The summed E-state index contributed by atoms with van der Waals surface area (Å²) in [5.74, 6) is 0.772. The maximum Gasteiger partial charge on any atom is 0.0330 e. The number of rotatable bonds is 5. The van der Waals surface area contributed by atoms with Crippen molar-refractivity contribution in [2.24, 2.45) is 5.92 Å². The van der Waals surface area contributed by atoms with Crippen LogP contribution in [-0.4, -0.2) is 7.05 Å². The monoisotopic (exact) mass is 331 g/mol. The van der Waals surface area contributed by atoms with Crippen LogP contribution in [0.2, 0.25) is 0 Å². The molecule has 0 aromatic heterocycles. The molecule has 16 heavy (non-hydrogen) atoms. The average molecular weight is 331 g/mol. The molecule has 2 unspecified atom stereocenters. The molecule has 0 amide bonds. The lowest BCUT2D eigenvalue weighted by atomic mass is 9.93. The molecule has 0 fully saturated rings. The molecule has 2 heteroatoms. The number of hydrogen-bond donors (Lipinski definition) is 1. The smallest absolute Gasteiger partial charge is 0.0330 e. The highest BCUT2D eigenvalue weighted by atomic mass is 127. The van der Waals surface area contributed by atoms with Crippen molar-refractivity contribution in [1.29, 1.82) is 0 Å². The van der Waals surface area contributed by atoms with E-state index in [1.165, 1.54) is 27.5 Å². The minimum atomic E-state index is 0.488. The number of benzene rings is 1. The molecule has 0 radical (unpaired) electrons. The third-order valence-electron chi connectivity index (χ3n) is 3.28. The average Bonchev–Trinajstić information content (AvgIpc) is 2.29. The Kier molecular flexibility index (Phi) is 5.76. The molecule has 0 aliphatic heterocycles. The zero-order valence-corrected chi connectivity index (χ0v) is 12.8. The molecule has 0 heterocycles. The molecule has 2 atom stereocenters. The van der Waals surface area contributed by atoms with Crippen molar-refractivity contribution in [3.05, 3.63) is 32.9 Å². The van der Waals surface area contributed by atoms with E-state index in [4.69, 9.17) is 0 Å². The van der Waals surface area contributed by atoms with Crippen LogP contribution in [0.15, 0.2) is 18.2 Å². The number of halogens is 1. The summed E-state index contributed by atoms with van der Waals surface area (Å²) in [6.07, 6.45) is 2.47.